The average molecular weight is 491 g/mol. The molecule has 0 aromatic heterocycles. The van der Waals surface area contributed by atoms with Crippen LogP contribution < -0.4 is 16.4 Å². The maximum atomic E-state index is 13.7. The van der Waals surface area contributed by atoms with Crippen LogP contribution in [0.2, 0.25) is 0 Å². The molecule has 0 saturated heterocycles. The summed E-state index contributed by atoms with van der Waals surface area (Å²) in [6, 6.07) is 3.78. The number of nitrogens with zero attached hydrogens (tertiary/aromatic N) is 1. The lowest BCUT2D eigenvalue weighted by Gasteiger charge is -2.34. The van der Waals surface area contributed by atoms with Crippen LogP contribution in [0.15, 0.2) is 36.9 Å². The summed E-state index contributed by atoms with van der Waals surface area (Å²) in [5, 5.41) is 15.8. The van der Waals surface area contributed by atoms with E-state index in [1.165, 1.54) is 17.0 Å². The number of aromatic hydroxyl groups is 1. The van der Waals surface area contributed by atoms with E-state index in [2.05, 4.69) is 17.2 Å². The van der Waals surface area contributed by atoms with Gasteiger partial charge in [0, 0.05) is 25.1 Å². The summed E-state index contributed by atoms with van der Waals surface area (Å²) in [6.07, 6.45) is 1.87. The second kappa shape index (κ2) is 14.0. The second-order valence-corrected chi connectivity index (χ2v) is 9.09. The summed E-state index contributed by atoms with van der Waals surface area (Å²) in [6.45, 7) is 11.0. The predicted octanol–water partition coefficient (Wildman–Crippen LogP) is 2.52. The zero-order valence-corrected chi connectivity index (χ0v) is 21.0. The first-order chi connectivity index (χ1) is 16.4. The quantitative estimate of drug-likeness (QED) is 0.246. The number of phenols is 1. The third-order valence-corrected chi connectivity index (χ3v) is 4.90. The highest BCUT2D eigenvalue weighted by molar-refractivity contribution is 5.93. The molecule has 0 aliphatic carbocycles. The van der Waals surface area contributed by atoms with Gasteiger partial charge in [0.25, 0.3) is 0 Å². The number of hydrogen-bond donors (Lipinski definition) is 4. The van der Waals surface area contributed by atoms with Gasteiger partial charge in [-0.1, -0.05) is 37.6 Å². The predicted molar refractivity (Wildman–Crippen MR) is 132 cm³/mol. The lowest BCUT2D eigenvalue weighted by molar-refractivity contribution is -0.142. The monoisotopic (exact) mass is 490 g/mol. The molecule has 1 rings (SSSR count). The molecule has 0 saturated carbocycles. The fourth-order valence-electron chi connectivity index (χ4n) is 3.31. The van der Waals surface area contributed by atoms with E-state index in [1.807, 2.05) is 6.92 Å². The van der Waals surface area contributed by atoms with Gasteiger partial charge in [-0.05, 0) is 39.7 Å². The zero-order chi connectivity index (χ0) is 26.6. The van der Waals surface area contributed by atoms with Crippen LogP contribution >= 0.6 is 0 Å². The summed E-state index contributed by atoms with van der Waals surface area (Å²) in [4.78, 5) is 52.0. The van der Waals surface area contributed by atoms with Crippen LogP contribution in [0.4, 0.5) is 4.79 Å². The lowest BCUT2D eigenvalue weighted by Crippen LogP contribution is -2.53. The number of benzene rings is 1. The van der Waals surface area contributed by atoms with Crippen LogP contribution in [0, 0.1) is 0 Å². The summed E-state index contributed by atoms with van der Waals surface area (Å²) in [7, 11) is 0. The summed E-state index contributed by atoms with van der Waals surface area (Å²) in [5.41, 5.74) is 4.67. The molecular weight excluding hydrogens is 452 g/mol. The molecule has 0 heterocycles. The minimum Gasteiger partial charge on any atom is -0.508 e. The summed E-state index contributed by atoms with van der Waals surface area (Å²) < 4.78 is 5.27. The van der Waals surface area contributed by atoms with Crippen LogP contribution in [0.1, 0.15) is 65.0 Å². The van der Waals surface area contributed by atoms with Crippen molar-refractivity contribution in [3.63, 3.8) is 0 Å². The molecule has 5 N–H and O–H groups in total. The minimum atomic E-state index is -1.21. The number of phenolic OH excluding ortho intramolecular Hbond substituents is 1. The number of carbonyl (C=O) groups excluding carboxylic acids is 4. The Balaban J connectivity index is 3.41. The highest BCUT2D eigenvalue weighted by Gasteiger charge is 2.36. The first kappa shape index (κ1) is 29.5. The van der Waals surface area contributed by atoms with Gasteiger partial charge in [0.2, 0.25) is 17.7 Å². The number of alkyl carbamates (subject to hydrolysis) is 1. The molecule has 0 aliphatic rings. The topological polar surface area (TPSA) is 151 Å². The van der Waals surface area contributed by atoms with E-state index in [9.17, 15) is 24.3 Å². The standard InChI is InChI=1S/C25H38N4O6/c1-6-8-15-27-22(32)21(17-11-9-10-12-19(17)30)29(16-7-2)23(33)18(13-14-20(26)31)28-24(34)35-25(3,4)5/h7,9-12,18,21,30H,2,6,8,13-16H2,1,3-5H3,(H2,26,31)(H,27,32)(H,28,34). The Bertz CT molecular complexity index is 896. The zero-order valence-electron chi connectivity index (χ0n) is 21.0. The van der Waals surface area contributed by atoms with Crippen molar-refractivity contribution < 1.29 is 29.0 Å². The van der Waals surface area contributed by atoms with Crippen molar-refractivity contribution in [3.8, 4) is 5.75 Å². The molecule has 1 aromatic rings. The van der Waals surface area contributed by atoms with Gasteiger partial charge in [0.15, 0.2) is 0 Å². The molecule has 0 fully saturated rings. The van der Waals surface area contributed by atoms with Crippen molar-refractivity contribution in [2.45, 2.75) is 71.1 Å². The molecule has 35 heavy (non-hydrogen) atoms. The Hall–Kier alpha value is -3.56. The van der Waals surface area contributed by atoms with Crippen molar-refractivity contribution in [1.29, 1.82) is 0 Å². The van der Waals surface area contributed by atoms with Gasteiger partial charge < -0.3 is 31.1 Å². The number of unbranched alkanes of at least 4 members (excludes halogenated alkanes) is 1. The number of ether oxygens (including phenoxy) is 1. The molecule has 10 nitrogen and oxygen atoms in total. The van der Waals surface area contributed by atoms with Gasteiger partial charge in [0.1, 0.15) is 23.4 Å². The number of rotatable bonds is 13. The van der Waals surface area contributed by atoms with Crippen LogP contribution in [0.3, 0.4) is 0 Å². The largest absolute Gasteiger partial charge is 0.508 e. The van der Waals surface area contributed by atoms with Gasteiger partial charge in [0.05, 0.1) is 0 Å². The molecule has 0 aliphatic heterocycles. The van der Waals surface area contributed by atoms with Gasteiger partial charge in [-0.15, -0.1) is 6.58 Å². The molecule has 2 atom stereocenters. The molecular formula is C25H38N4O6. The first-order valence-electron chi connectivity index (χ1n) is 11.7. The summed E-state index contributed by atoms with van der Waals surface area (Å²) in [5.74, 6) is -1.98. The van der Waals surface area contributed by atoms with E-state index in [-0.39, 0.29) is 30.7 Å². The fourth-order valence-corrected chi connectivity index (χ4v) is 3.31. The maximum Gasteiger partial charge on any atom is 0.408 e. The Morgan fingerprint density at radius 3 is 2.43 bits per heavy atom. The van der Waals surface area contributed by atoms with Crippen molar-refractivity contribution in [1.82, 2.24) is 15.5 Å². The molecule has 0 radical (unpaired) electrons. The van der Waals surface area contributed by atoms with Crippen LogP contribution in [0.5, 0.6) is 5.75 Å². The Kier molecular flexibility index (Phi) is 11.8. The molecule has 0 bridgehead atoms. The number of primary amides is 1. The van der Waals surface area contributed by atoms with Crippen LogP contribution in [0.25, 0.3) is 0 Å². The van der Waals surface area contributed by atoms with Crippen molar-refractivity contribution in [2.75, 3.05) is 13.1 Å². The summed E-state index contributed by atoms with van der Waals surface area (Å²) >= 11 is 0. The Labute approximate surface area is 206 Å². The van der Waals surface area contributed by atoms with Crippen LogP contribution in [-0.2, 0) is 19.1 Å². The van der Waals surface area contributed by atoms with Gasteiger partial charge in [-0.25, -0.2) is 4.79 Å². The number of carbonyl (C=O) groups is 4. The van der Waals surface area contributed by atoms with Crippen molar-refractivity contribution >= 4 is 23.8 Å². The highest BCUT2D eigenvalue weighted by atomic mass is 16.6. The van der Waals surface area contributed by atoms with Gasteiger partial charge in [-0.3, -0.25) is 14.4 Å². The van der Waals surface area contributed by atoms with E-state index in [1.54, 1.807) is 39.0 Å². The lowest BCUT2D eigenvalue weighted by atomic mass is 10.0. The van der Waals surface area contributed by atoms with Crippen LogP contribution in [-0.4, -0.2) is 58.6 Å². The SMILES string of the molecule is C=CCN(C(=O)C(CCC(N)=O)NC(=O)OC(C)(C)C)C(C(=O)NCCCC)c1ccccc1O. The Morgan fingerprint density at radius 2 is 1.89 bits per heavy atom. The molecule has 194 valence electrons. The minimum absolute atomic E-state index is 0.0674. The number of nitrogens with one attached hydrogen (secondary N) is 2. The highest BCUT2D eigenvalue weighted by Crippen LogP contribution is 2.30. The molecule has 10 heteroatoms. The van der Waals surface area contributed by atoms with E-state index < -0.39 is 41.5 Å². The molecule has 4 amide bonds. The third kappa shape index (κ3) is 10.1. The van der Waals surface area contributed by atoms with E-state index in [4.69, 9.17) is 10.5 Å². The van der Waals surface area contributed by atoms with Gasteiger partial charge >= 0.3 is 6.09 Å². The number of hydrogen-bond acceptors (Lipinski definition) is 6. The fraction of sp³-hybridized carbons (Fsp3) is 0.520. The van der Waals surface area contributed by atoms with Gasteiger partial charge in [-0.2, -0.15) is 0 Å². The van der Waals surface area contributed by atoms with Crippen molar-refractivity contribution in [2.24, 2.45) is 5.73 Å². The Morgan fingerprint density at radius 1 is 1.23 bits per heavy atom. The second-order valence-electron chi connectivity index (χ2n) is 9.09. The molecule has 1 aromatic carbocycles. The number of nitrogens with two attached hydrogens (primary N) is 1. The van der Waals surface area contributed by atoms with E-state index in [0.29, 0.717) is 6.54 Å². The third-order valence-electron chi connectivity index (χ3n) is 4.90. The molecule has 0 spiro atoms. The average Bonchev–Trinajstić information content (AvgIpc) is 2.75. The number of amides is 4. The van der Waals surface area contributed by atoms with E-state index >= 15 is 0 Å². The first-order valence-corrected chi connectivity index (χ1v) is 11.7. The smallest absolute Gasteiger partial charge is 0.408 e. The van der Waals surface area contributed by atoms with Crippen molar-refractivity contribution in [3.05, 3.63) is 42.5 Å². The maximum absolute atomic E-state index is 13.7. The molecule has 2 unspecified atom stereocenters. The normalized spacial score (nSPS) is 12.7. The number of para-hydroxylation sites is 1. The van der Waals surface area contributed by atoms with E-state index in [0.717, 1.165) is 12.8 Å².